The van der Waals surface area contributed by atoms with E-state index >= 15 is 0 Å². The molecule has 0 atom stereocenters. The number of rotatable bonds is 9. The Morgan fingerprint density at radius 3 is 2.21 bits per heavy atom. The zero-order valence-electron chi connectivity index (χ0n) is 17.5. The van der Waals surface area contributed by atoms with Crippen molar-refractivity contribution in [3.8, 4) is 0 Å². The number of nitrogens with zero attached hydrogens (tertiary/aromatic N) is 5. The fraction of sp³-hybridized carbons (Fsp3) is 0.143. The molecular formula is C21H19N6O6+. The summed E-state index contributed by atoms with van der Waals surface area (Å²) in [5.74, 6) is 0. The molecule has 3 rings (SSSR count). The van der Waals surface area contributed by atoms with Crippen LogP contribution < -0.4 is 9.99 Å². The van der Waals surface area contributed by atoms with Crippen LogP contribution in [-0.4, -0.2) is 20.5 Å². The number of benzene rings is 2. The standard InChI is InChI=1S/C21H19N6O6/c1-2-15-4-3-11-24(13-15)14-20(16-5-7-17(8-6-16)25(28)29)23-22-19-10-9-18(26(30)31)12-21(19)27(32)33/h3-13,22H,2,14H2,1H3/q+1/b23-20+. The fourth-order valence-electron chi connectivity index (χ4n) is 3.03. The minimum atomic E-state index is -0.740. The molecule has 0 saturated heterocycles. The molecule has 2 aromatic carbocycles. The lowest BCUT2D eigenvalue weighted by Crippen LogP contribution is -2.38. The van der Waals surface area contributed by atoms with Crippen molar-refractivity contribution in [2.24, 2.45) is 5.10 Å². The first-order valence-electron chi connectivity index (χ1n) is 9.76. The highest BCUT2D eigenvalue weighted by molar-refractivity contribution is 6.00. The zero-order chi connectivity index (χ0) is 24.0. The van der Waals surface area contributed by atoms with Gasteiger partial charge < -0.3 is 0 Å². The number of nitrogens with one attached hydrogen (secondary N) is 1. The second-order valence-corrected chi connectivity index (χ2v) is 6.93. The number of hydrazone groups is 1. The van der Waals surface area contributed by atoms with E-state index in [0.717, 1.165) is 24.1 Å². The molecule has 0 bridgehead atoms. The molecule has 0 saturated carbocycles. The lowest BCUT2D eigenvalue weighted by molar-refractivity contribution is -0.682. The molecule has 0 amide bonds. The van der Waals surface area contributed by atoms with Gasteiger partial charge in [0.1, 0.15) is 11.4 Å². The van der Waals surface area contributed by atoms with E-state index in [1.165, 1.54) is 30.3 Å². The second-order valence-electron chi connectivity index (χ2n) is 6.93. The van der Waals surface area contributed by atoms with Gasteiger partial charge >= 0.3 is 5.69 Å². The molecule has 0 unspecified atom stereocenters. The maximum atomic E-state index is 11.4. The van der Waals surface area contributed by atoms with E-state index < -0.39 is 26.1 Å². The highest BCUT2D eigenvalue weighted by Gasteiger charge is 2.20. The molecule has 0 fully saturated rings. The summed E-state index contributed by atoms with van der Waals surface area (Å²) in [5, 5.41) is 37.6. The molecule has 1 aromatic heterocycles. The van der Waals surface area contributed by atoms with Crippen molar-refractivity contribution >= 4 is 28.5 Å². The summed E-state index contributed by atoms with van der Waals surface area (Å²) in [6, 6.07) is 12.8. The SMILES string of the molecule is CCc1ccc[n+](C/C(=N\Nc2ccc([N+](=O)[O-])cc2[N+](=O)[O-])c2ccc([N+](=O)[O-])cc2)c1. The van der Waals surface area contributed by atoms with Gasteiger partial charge in [-0.2, -0.15) is 9.67 Å². The van der Waals surface area contributed by atoms with E-state index in [-0.39, 0.29) is 17.9 Å². The zero-order valence-corrected chi connectivity index (χ0v) is 17.5. The molecule has 0 aliphatic heterocycles. The maximum absolute atomic E-state index is 11.4. The quantitative estimate of drug-likeness (QED) is 0.224. The largest absolute Gasteiger partial charge is 0.301 e. The monoisotopic (exact) mass is 451 g/mol. The van der Waals surface area contributed by atoms with Gasteiger partial charge in [-0.1, -0.05) is 6.92 Å². The molecular weight excluding hydrogens is 432 g/mol. The number of anilines is 1. The van der Waals surface area contributed by atoms with E-state index in [4.69, 9.17) is 0 Å². The number of hydrogen-bond donors (Lipinski definition) is 1. The summed E-state index contributed by atoms with van der Waals surface area (Å²) < 4.78 is 1.87. The van der Waals surface area contributed by atoms with Crippen molar-refractivity contribution in [3.05, 3.63) is 108 Å². The Morgan fingerprint density at radius 1 is 0.939 bits per heavy atom. The molecule has 12 heteroatoms. The van der Waals surface area contributed by atoms with Crippen molar-refractivity contribution < 1.29 is 19.3 Å². The van der Waals surface area contributed by atoms with Crippen molar-refractivity contribution in [2.45, 2.75) is 19.9 Å². The molecule has 33 heavy (non-hydrogen) atoms. The normalized spacial score (nSPS) is 11.1. The minimum Gasteiger partial charge on any atom is -0.271 e. The van der Waals surface area contributed by atoms with Crippen LogP contribution in [0.15, 0.2) is 72.1 Å². The third-order valence-corrected chi connectivity index (χ3v) is 4.77. The van der Waals surface area contributed by atoms with E-state index in [1.807, 2.05) is 36.0 Å². The van der Waals surface area contributed by atoms with Gasteiger partial charge in [0.15, 0.2) is 18.9 Å². The first-order chi connectivity index (χ1) is 15.8. The number of hydrogen-bond acceptors (Lipinski definition) is 8. The van der Waals surface area contributed by atoms with Gasteiger partial charge in [0.25, 0.3) is 11.4 Å². The predicted molar refractivity (Wildman–Crippen MR) is 119 cm³/mol. The van der Waals surface area contributed by atoms with Crippen LogP contribution in [0.5, 0.6) is 0 Å². The Balaban J connectivity index is 2.00. The molecule has 0 radical (unpaired) electrons. The van der Waals surface area contributed by atoms with Crippen LogP contribution in [0, 0.1) is 30.3 Å². The molecule has 168 valence electrons. The summed E-state index contributed by atoms with van der Waals surface area (Å²) in [6.07, 6.45) is 4.57. The Labute approximate surface area is 187 Å². The number of pyridine rings is 1. The number of non-ortho nitro benzene ring substituents is 2. The van der Waals surface area contributed by atoms with Gasteiger partial charge in [0, 0.05) is 35.4 Å². The third kappa shape index (κ3) is 5.70. The molecule has 0 aliphatic carbocycles. The van der Waals surface area contributed by atoms with E-state index in [0.29, 0.717) is 11.3 Å². The number of nitro groups is 3. The summed E-state index contributed by atoms with van der Waals surface area (Å²) in [4.78, 5) is 31.4. The average Bonchev–Trinajstić information content (AvgIpc) is 2.81. The summed E-state index contributed by atoms with van der Waals surface area (Å²) in [7, 11) is 0. The van der Waals surface area contributed by atoms with Gasteiger partial charge in [0.2, 0.25) is 0 Å². The molecule has 1 N–H and O–H groups in total. The lowest BCUT2D eigenvalue weighted by atomic mass is 10.1. The smallest absolute Gasteiger partial charge is 0.271 e. The maximum Gasteiger partial charge on any atom is 0.301 e. The highest BCUT2D eigenvalue weighted by atomic mass is 16.6. The number of aromatic nitrogens is 1. The molecule has 1 heterocycles. The molecule has 12 nitrogen and oxygen atoms in total. The van der Waals surface area contributed by atoms with E-state index in [9.17, 15) is 30.3 Å². The highest BCUT2D eigenvalue weighted by Crippen LogP contribution is 2.29. The van der Waals surface area contributed by atoms with E-state index in [1.54, 1.807) is 0 Å². The lowest BCUT2D eigenvalue weighted by Gasteiger charge is -2.07. The van der Waals surface area contributed by atoms with E-state index in [2.05, 4.69) is 10.5 Å². The van der Waals surface area contributed by atoms with Crippen molar-refractivity contribution in [1.82, 2.24) is 0 Å². The van der Waals surface area contributed by atoms with Gasteiger partial charge in [-0.25, -0.2) is 0 Å². The summed E-state index contributed by atoms with van der Waals surface area (Å²) in [5.41, 5.74) is 3.67. The number of aryl methyl sites for hydroxylation is 1. The first kappa shape index (κ1) is 22.9. The van der Waals surface area contributed by atoms with Crippen LogP contribution in [0.4, 0.5) is 22.7 Å². The van der Waals surface area contributed by atoms with Gasteiger partial charge in [-0.15, -0.1) is 0 Å². The summed E-state index contributed by atoms with van der Waals surface area (Å²) >= 11 is 0. The van der Waals surface area contributed by atoms with Crippen LogP contribution in [0.3, 0.4) is 0 Å². The van der Waals surface area contributed by atoms with Crippen LogP contribution in [-0.2, 0) is 13.0 Å². The third-order valence-electron chi connectivity index (χ3n) is 4.77. The van der Waals surface area contributed by atoms with Gasteiger partial charge in [-0.3, -0.25) is 35.8 Å². The molecule has 0 spiro atoms. The summed E-state index contributed by atoms with van der Waals surface area (Å²) in [6.45, 7) is 2.28. The minimum absolute atomic E-state index is 0.0303. The Bertz CT molecular complexity index is 1240. The van der Waals surface area contributed by atoms with Crippen LogP contribution in [0.25, 0.3) is 0 Å². The number of nitro benzene ring substituents is 3. The first-order valence-corrected chi connectivity index (χ1v) is 9.76. The molecule has 3 aromatic rings. The van der Waals surface area contributed by atoms with Crippen LogP contribution in [0.2, 0.25) is 0 Å². The van der Waals surface area contributed by atoms with Crippen molar-refractivity contribution in [3.63, 3.8) is 0 Å². The topological polar surface area (TPSA) is 158 Å². The Hall–Kier alpha value is -4.74. The average molecular weight is 451 g/mol. The Morgan fingerprint density at radius 2 is 1.61 bits per heavy atom. The second kappa shape index (κ2) is 10.0. The van der Waals surface area contributed by atoms with Gasteiger partial charge in [0.05, 0.1) is 20.8 Å². The Kier molecular flexibility index (Phi) is 6.98. The molecule has 0 aliphatic rings. The van der Waals surface area contributed by atoms with Crippen LogP contribution >= 0.6 is 0 Å². The fourth-order valence-corrected chi connectivity index (χ4v) is 3.03. The van der Waals surface area contributed by atoms with Crippen molar-refractivity contribution in [2.75, 3.05) is 5.43 Å². The predicted octanol–water partition coefficient (Wildman–Crippen LogP) is 3.78. The van der Waals surface area contributed by atoms with Crippen molar-refractivity contribution in [1.29, 1.82) is 0 Å². The van der Waals surface area contributed by atoms with Gasteiger partial charge in [-0.05, 0) is 30.7 Å². The van der Waals surface area contributed by atoms with Crippen LogP contribution in [0.1, 0.15) is 18.1 Å².